The van der Waals surface area contributed by atoms with Crippen molar-refractivity contribution in [3.8, 4) is 0 Å². The Morgan fingerprint density at radius 2 is 2.27 bits per heavy atom. The van der Waals surface area contributed by atoms with Gasteiger partial charge in [0.15, 0.2) is 0 Å². The molecule has 0 atom stereocenters. The van der Waals surface area contributed by atoms with Gasteiger partial charge in [-0.2, -0.15) is 0 Å². The molecule has 0 spiro atoms. The van der Waals surface area contributed by atoms with Crippen molar-refractivity contribution >= 4 is 15.9 Å². The molecule has 0 aliphatic heterocycles. The molecule has 0 amide bonds. The highest BCUT2D eigenvalue weighted by Gasteiger charge is 2.28. The zero-order valence-corrected chi connectivity index (χ0v) is 10.5. The van der Waals surface area contributed by atoms with Crippen molar-refractivity contribution < 1.29 is 4.74 Å². The lowest BCUT2D eigenvalue weighted by Crippen LogP contribution is -2.44. The first-order valence-electron chi connectivity index (χ1n) is 5.28. The van der Waals surface area contributed by atoms with Crippen molar-refractivity contribution in [2.24, 2.45) is 0 Å². The highest BCUT2D eigenvalue weighted by molar-refractivity contribution is 9.10. The Balaban J connectivity index is 1.75. The predicted molar refractivity (Wildman–Crippen MR) is 64.8 cm³/mol. The molecule has 1 saturated carbocycles. The summed E-state index contributed by atoms with van der Waals surface area (Å²) in [5.41, 5.74) is 1.32. The van der Waals surface area contributed by atoms with E-state index in [0.29, 0.717) is 12.1 Å². The molecule has 2 rings (SSSR count). The van der Waals surface area contributed by atoms with E-state index in [1.807, 2.05) is 6.07 Å². The van der Waals surface area contributed by atoms with E-state index < -0.39 is 0 Å². The first-order chi connectivity index (χ1) is 7.28. The minimum Gasteiger partial charge on any atom is -0.381 e. The molecule has 3 heteroatoms. The van der Waals surface area contributed by atoms with Crippen molar-refractivity contribution in [3.05, 3.63) is 34.3 Å². The average Bonchev–Trinajstić information content (AvgIpc) is 2.16. The van der Waals surface area contributed by atoms with Crippen molar-refractivity contribution in [2.75, 3.05) is 7.11 Å². The predicted octanol–water partition coefficient (Wildman–Crippen LogP) is 2.72. The van der Waals surface area contributed by atoms with Crippen LogP contribution in [0.1, 0.15) is 18.4 Å². The zero-order chi connectivity index (χ0) is 10.7. The van der Waals surface area contributed by atoms with E-state index in [2.05, 4.69) is 39.4 Å². The van der Waals surface area contributed by atoms with E-state index in [9.17, 15) is 0 Å². The summed E-state index contributed by atoms with van der Waals surface area (Å²) in [6.07, 6.45) is 2.76. The minimum absolute atomic E-state index is 0.477. The van der Waals surface area contributed by atoms with Crippen LogP contribution in [-0.2, 0) is 11.3 Å². The maximum absolute atomic E-state index is 5.24. The van der Waals surface area contributed by atoms with Crippen LogP contribution in [0.25, 0.3) is 0 Å². The first kappa shape index (κ1) is 11.1. The third kappa shape index (κ3) is 3.03. The van der Waals surface area contributed by atoms with Crippen LogP contribution >= 0.6 is 15.9 Å². The first-order valence-corrected chi connectivity index (χ1v) is 6.08. The van der Waals surface area contributed by atoms with Gasteiger partial charge in [-0.1, -0.05) is 28.1 Å². The number of hydrogen-bond acceptors (Lipinski definition) is 2. The minimum atomic E-state index is 0.477. The molecule has 2 nitrogen and oxygen atoms in total. The third-order valence-corrected chi connectivity index (χ3v) is 3.41. The van der Waals surface area contributed by atoms with Crippen molar-refractivity contribution in [1.82, 2.24) is 5.32 Å². The van der Waals surface area contributed by atoms with Gasteiger partial charge in [-0.05, 0) is 30.5 Å². The van der Waals surface area contributed by atoms with Crippen LogP contribution in [0.5, 0.6) is 0 Å². The summed E-state index contributed by atoms with van der Waals surface area (Å²) >= 11 is 3.47. The normalized spacial score (nSPS) is 24.9. The van der Waals surface area contributed by atoms with Gasteiger partial charge in [0.2, 0.25) is 0 Å². The van der Waals surface area contributed by atoms with E-state index in [4.69, 9.17) is 4.74 Å². The number of halogens is 1. The Morgan fingerprint density at radius 3 is 2.93 bits per heavy atom. The monoisotopic (exact) mass is 269 g/mol. The summed E-state index contributed by atoms with van der Waals surface area (Å²) in [7, 11) is 1.79. The quantitative estimate of drug-likeness (QED) is 0.908. The van der Waals surface area contributed by atoms with Crippen molar-refractivity contribution in [2.45, 2.75) is 31.5 Å². The van der Waals surface area contributed by atoms with Crippen LogP contribution in [0.4, 0.5) is 0 Å². The summed E-state index contributed by atoms with van der Waals surface area (Å²) < 4.78 is 6.38. The van der Waals surface area contributed by atoms with Gasteiger partial charge in [0.25, 0.3) is 0 Å². The lowest BCUT2D eigenvalue weighted by molar-refractivity contribution is 0.0170. The number of rotatable bonds is 4. The summed E-state index contributed by atoms with van der Waals surface area (Å²) in [5, 5.41) is 3.53. The second-order valence-electron chi connectivity index (χ2n) is 4.04. The molecule has 0 heterocycles. The molecule has 0 bridgehead atoms. The third-order valence-electron chi connectivity index (χ3n) is 2.91. The molecule has 0 unspecified atom stereocenters. The fourth-order valence-electron chi connectivity index (χ4n) is 1.83. The Morgan fingerprint density at radius 1 is 1.47 bits per heavy atom. The highest BCUT2D eigenvalue weighted by Crippen LogP contribution is 2.23. The molecule has 1 aromatic carbocycles. The number of nitrogens with one attached hydrogen (secondary N) is 1. The van der Waals surface area contributed by atoms with E-state index in [0.717, 1.165) is 23.9 Å². The molecular weight excluding hydrogens is 254 g/mol. The average molecular weight is 270 g/mol. The van der Waals surface area contributed by atoms with E-state index in [1.165, 1.54) is 5.56 Å². The zero-order valence-electron chi connectivity index (χ0n) is 8.87. The SMILES string of the molecule is COC1CC(NCc2cccc(Br)c2)C1. The van der Waals surface area contributed by atoms with Crippen molar-refractivity contribution in [3.63, 3.8) is 0 Å². The van der Waals surface area contributed by atoms with Gasteiger partial charge in [0.1, 0.15) is 0 Å². The molecule has 0 radical (unpaired) electrons. The molecule has 1 aliphatic carbocycles. The lowest BCUT2D eigenvalue weighted by atomic mass is 9.89. The summed E-state index contributed by atoms with van der Waals surface area (Å²) in [6.45, 7) is 0.945. The Hall–Kier alpha value is -0.380. The van der Waals surface area contributed by atoms with Crippen LogP contribution in [0, 0.1) is 0 Å². The molecule has 1 aromatic rings. The number of methoxy groups -OCH3 is 1. The Kier molecular flexibility index (Phi) is 3.78. The Labute approximate surface area is 99.1 Å². The molecule has 1 fully saturated rings. The topological polar surface area (TPSA) is 21.3 Å². The largest absolute Gasteiger partial charge is 0.381 e. The van der Waals surface area contributed by atoms with Gasteiger partial charge in [-0.25, -0.2) is 0 Å². The standard InChI is InChI=1S/C12H16BrNO/c1-15-12-6-11(7-12)14-8-9-3-2-4-10(13)5-9/h2-5,11-12,14H,6-8H2,1H3. The second-order valence-corrected chi connectivity index (χ2v) is 4.95. The lowest BCUT2D eigenvalue weighted by Gasteiger charge is -2.34. The van der Waals surface area contributed by atoms with Crippen LogP contribution in [0.15, 0.2) is 28.7 Å². The number of benzene rings is 1. The van der Waals surface area contributed by atoms with Gasteiger partial charge in [0.05, 0.1) is 6.10 Å². The van der Waals surface area contributed by atoms with Crippen LogP contribution in [0.3, 0.4) is 0 Å². The smallest absolute Gasteiger partial charge is 0.0601 e. The fraction of sp³-hybridized carbons (Fsp3) is 0.500. The van der Waals surface area contributed by atoms with Gasteiger partial charge < -0.3 is 10.1 Å². The molecule has 1 aliphatic rings. The summed E-state index contributed by atoms with van der Waals surface area (Å²) in [6, 6.07) is 9.05. The van der Waals surface area contributed by atoms with Gasteiger partial charge in [-0.15, -0.1) is 0 Å². The molecular formula is C12H16BrNO. The molecule has 15 heavy (non-hydrogen) atoms. The highest BCUT2D eigenvalue weighted by atomic mass is 79.9. The maximum Gasteiger partial charge on any atom is 0.0601 e. The number of ether oxygens (including phenoxy) is 1. The van der Waals surface area contributed by atoms with Crippen LogP contribution in [0.2, 0.25) is 0 Å². The van der Waals surface area contributed by atoms with Crippen LogP contribution < -0.4 is 5.32 Å². The summed E-state index contributed by atoms with van der Waals surface area (Å²) in [4.78, 5) is 0. The van der Waals surface area contributed by atoms with E-state index >= 15 is 0 Å². The number of hydrogen-bond donors (Lipinski definition) is 1. The van der Waals surface area contributed by atoms with E-state index in [-0.39, 0.29) is 0 Å². The van der Waals surface area contributed by atoms with Gasteiger partial charge in [0, 0.05) is 24.2 Å². The van der Waals surface area contributed by atoms with Crippen molar-refractivity contribution in [1.29, 1.82) is 0 Å². The summed E-state index contributed by atoms with van der Waals surface area (Å²) in [5.74, 6) is 0. The van der Waals surface area contributed by atoms with Gasteiger partial charge in [-0.3, -0.25) is 0 Å². The van der Waals surface area contributed by atoms with Crippen LogP contribution in [-0.4, -0.2) is 19.3 Å². The maximum atomic E-state index is 5.24. The molecule has 1 N–H and O–H groups in total. The Bertz CT molecular complexity index is 323. The fourth-order valence-corrected chi connectivity index (χ4v) is 2.28. The molecule has 82 valence electrons. The molecule has 0 saturated heterocycles. The molecule has 0 aromatic heterocycles. The van der Waals surface area contributed by atoms with Gasteiger partial charge >= 0.3 is 0 Å². The second kappa shape index (κ2) is 5.10. The van der Waals surface area contributed by atoms with E-state index in [1.54, 1.807) is 7.11 Å².